The lowest BCUT2D eigenvalue weighted by Gasteiger charge is -2.21. The van der Waals surface area contributed by atoms with E-state index in [1.54, 1.807) is 46.8 Å². The van der Waals surface area contributed by atoms with Gasteiger partial charge in [-0.15, -0.1) is 0 Å². The Hall–Kier alpha value is -2.96. The highest BCUT2D eigenvalue weighted by atomic mass is 19.1. The first-order chi connectivity index (χ1) is 12.8. The molecular weight excluding hydrogens is 368 g/mol. The molecule has 1 amide bonds. The highest BCUT2D eigenvalue weighted by molar-refractivity contribution is 5.96. The van der Waals surface area contributed by atoms with Crippen LogP contribution < -0.4 is 10.1 Å². The van der Waals surface area contributed by atoms with Crippen molar-refractivity contribution in [3.05, 3.63) is 53.6 Å². The van der Waals surface area contributed by atoms with E-state index < -0.39 is 34.3 Å². The molecule has 0 aromatic heterocycles. The number of amides is 1. The average molecular weight is 391 g/mol. The third-order valence-electron chi connectivity index (χ3n) is 4.28. The largest absolute Gasteiger partial charge is 0.481 e. The summed E-state index contributed by atoms with van der Waals surface area (Å²) in [6, 6.07) is 7.75. The van der Waals surface area contributed by atoms with Gasteiger partial charge in [0.05, 0.1) is 5.41 Å². The van der Waals surface area contributed by atoms with E-state index in [0.29, 0.717) is 11.6 Å². The van der Waals surface area contributed by atoms with Gasteiger partial charge in [0.1, 0.15) is 17.3 Å². The van der Waals surface area contributed by atoms with Crippen molar-refractivity contribution in [2.45, 2.75) is 40.0 Å². The number of halogens is 2. The molecule has 28 heavy (non-hydrogen) atoms. The van der Waals surface area contributed by atoms with E-state index in [0.717, 1.165) is 6.07 Å². The monoisotopic (exact) mass is 391 g/mol. The average Bonchev–Trinajstić information content (AvgIpc) is 2.57. The van der Waals surface area contributed by atoms with Gasteiger partial charge in [0.25, 0.3) is 0 Å². The molecule has 7 heteroatoms. The molecule has 150 valence electrons. The lowest BCUT2D eigenvalue weighted by molar-refractivity contribution is -0.142. The van der Waals surface area contributed by atoms with E-state index in [-0.39, 0.29) is 17.2 Å². The van der Waals surface area contributed by atoms with Gasteiger partial charge in [0.15, 0.2) is 11.6 Å². The Morgan fingerprint density at radius 2 is 1.57 bits per heavy atom. The van der Waals surface area contributed by atoms with Crippen LogP contribution in [0.15, 0.2) is 36.4 Å². The van der Waals surface area contributed by atoms with Crippen molar-refractivity contribution in [2.75, 3.05) is 5.32 Å². The van der Waals surface area contributed by atoms with Gasteiger partial charge >= 0.3 is 5.97 Å². The number of benzene rings is 2. The molecule has 0 fully saturated rings. The summed E-state index contributed by atoms with van der Waals surface area (Å²) in [5.74, 6) is -3.22. The molecule has 0 radical (unpaired) electrons. The summed E-state index contributed by atoms with van der Waals surface area (Å²) in [7, 11) is 0. The summed E-state index contributed by atoms with van der Waals surface area (Å²) in [5.41, 5.74) is -1.62. The predicted molar refractivity (Wildman–Crippen MR) is 102 cm³/mol. The van der Waals surface area contributed by atoms with Crippen LogP contribution in [-0.4, -0.2) is 17.0 Å². The van der Waals surface area contributed by atoms with Crippen molar-refractivity contribution < 1.29 is 28.2 Å². The number of hydrogen-bond donors (Lipinski definition) is 2. The highest BCUT2D eigenvalue weighted by Crippen LogP contribution is 2.35. The van der Waals surface area contributed by atoms with Gasteiger partial charge in [-0.1, -0.05) is 32.9 Å². The summed E-state index contributed by atoms with van der Waals surface area (Å²) in [5, 5.41) is 11.7. The Balaban J connectivity index is 2.36. The molecule has 2 N–H and O–H groups in total. The summed E-state index contributed by atoms with van der Waals surface area (Å²) < 4.78 is 33.5. The Morgan fingerprint density at radius 3 is 2.07 bits per heavy atom. The lowest BCUT2D eigenvalue weighted by atomic mass is 9.85. The second kappa shape index (κ2) is 7.58. The molecule has 0 atom stereocenters. The van der Waals surface area contributed by atoms with Gasteiger partial charge < -0.3 is 15.2 Å². The van der Waals surface area contributed by atoms with Crippen molar-refractivity contribution in [2.24, 2.45) is 5.41 Å². The third-order valence-corrected chi connectivity index (χ3v) is 4.28. The number of hydrogen-bond acceptors (Lipinski definition) is 3. The summed E-state index contributed by atoms with van der Waals surface area (Å²) in [6.45, 7) is 8.11. The first-order valence-electron chi connectivity index (χ1n) is 8.64. The van der Waals surface area contributed by atoms with Crippen molar-refractivity contribution in [3.8, 4) is 11.5 Å². The quantitative estimate of drug-likeness (QED) is 0.743. The topological polar surface area (TPSA) is 75.6 Å². The normalized spacial score (nSPS) is 11.8. The van der Waals surface area contributed by atoms with Crippen LogP contribution in [-0.2, 0) is 15.0 Å². The third kappa shape index (κ3) is 4.65. The number of rotatable bonds is 5. The molecule has 2 rings (SSSR count). The van der Waals surface area contributed by atoms with E-state index in [2.05, 4.69) is 5.32 Å². The number of aliphatic carboxylic acids is 1. The van der Waals surface area contributed by atoms with E-state index in [1.807, 2.05) is 0 Å². The van der Waals surface area contributed by atoms with Crippen LogP contribution in [0.1, 0.15) is 40.2 Å². The molecule has 5 nitrogen and oxygen atoms in total. The zero-order valence-corrected chi connectivity index (χ0v) is 16.4. The zero-order chi connectivity index (χ0) is 21.3. The lowest BCUT2D eigenvalue weighted by Crippen LogP contribution is -2.28. The molecule has 0 aliphatic heterocycles. The van der Waals surface area contributed by atoms with E-state index >= 15 is 0 Å². The Labute approximate surface area is 162 Å². The maximum absolute atomic E-state index is 14.3. The van der Waals surface area contributed by atoms with Crippen LogP contribution >= 0.6 is 0 Å². The molecule has 0 spiro atoms. The smallest absolute Gasteiger partial charge is 0.313 e. The summed E-state index contributed by atoms with van der Waals surface area (Å²) in [6.07, 6.45) is 0. The van der Waals surface area contributed by atoms with E-state index in [9.17, 15) is 23.5 Å². The number of carbonyl (C=O) groups is 2. The minimum absolute atomic E-state index is 0.194. The number of carboxylic acid groups (broad SMARTS) is 1. The van der Waals surface area contributed by atoms with Crippen molar-refractivity contribution in [1.82, 2.24) is 0 Å². The van der Waals surface area contributed by atoms with Crippen LogP contribution in [0, 0.1) is 17.0 Å². The fourth-order valence-corrected chi connectivity index (χ4v) is 2.24. The van der Waals surface area contributed by atoms with Gasteiger partial charge in [-0.25, -0.2) is 8.78 Å². The molecule has 0 bridgehead atoms. The molecule has 0 aliphatic rings. The maximum Gasteiger partial charge on any atom is 0.313 e. The van der Waals surface area contributed by atoms with Crippen LogP contribution in [0.5, 0.6) is 11.5 Å². The number of nitrogens with one attached hydrogen (secondary N) is 1. The van der Waals surface area contributed by atoms with Gasteiger partial charge in [0, 0.05) is 17.5 Å². The second-order valence-corrected chi connectivity index (χ2v) is 8.02. The first kappa shape index (κ1) is 21.3. The number of ether oxygens (including phenoxy) is 1. The predicted octanol–water partition coefficient (Wildman–Crippen LogP) is 5.10. The van der Waals surface area contributed by atoms with Crippen LogP contribution in [0.3, 0.4) is 0 Å². The SMILES string of the molecule is CC(C)(C)C(=O)Nc1c(F)cc(F)cc1Oc1ccc(C(C)(C)C(=O)O)cc1. The van der Waals surface area contributed by atoms with Crippen LogP contribution in [0.25, 0.3) is 0 Å². The fraction of sp³-hybridized carbons (Fsp3) is 0.333. The first-order valence-corrected chi connectivity index (χ1v) is 8.64. The summed E-state index contributed by atoms with van der Waals surface area (Å²) in [4.78, 5) is 23.6. The van der Waals surface area contributed by atoms with Crippen LogP contribution in [0.4, 0.5) is 14.5 Å². The van der Waals surface area contributed by atoms with Gasteiger partial charge in [-0.3, -0.25) is 9.59 Å². The molecular formula is C21H23F2NO4. The molecule has 2 aromatic carbocycles. The van der Waals surface area contributed by atoms with Gasteiger partial charge in [-0.2, -0.15) is 0 Å². The minimum Gasteiger partial charge on any atom is -0.481 e. The molecule has 0 heterocycles. The summed E-state index contributed by atoms with van der Waals surface area (Å²) >= 11 is 0. The Bertz CT molecular complexity index is 900. The van der Waals surface area contributed by atoms with Crippen LogP contribution in [0.2, 0.25) is 0 Å². The van der Waals surface area contributed by atoms with Crippen molar-refractivity contribution >= 4 is 17.6 Å². The fourth-order valence-electron chi connectivity index (χ4n) is 2.24. The second-order valence-electron chi connectivity index (χ2n) is 8.02. The highest BCUT2D eigenvalue weighted by Gasteiger charge is 2.29. The van der Waals surface area contributed by atoms with E-state index in [1.165, 1.54) is 12.1 Å². The number of carboxylic acids is 1. The number of anilines is 1. The van der Waals surface area contributed by atoms with Crippen molar-refractivity contribution in [3.63, 3.8) is 0 Å². The standard InChI is InChI=1S/C21H23F2NO4/c1-20(2,3)18(25)24-17-15(23)10-13(22)11-16(17)28-14-8-6-12(7-9-14)21(4,5)19(26)27/h6-11H,1-5H3,(H,24,25)(H,26,27). The maximum atomic E-state index is 14.3. The molecule has 0 saturated carbocycles. The van der Waals surface area contributed by atoms with Crippen molar-refractivity contribution in [1.29, 1.82) is 0 Å². The Morgan fingerprint density at radius 1 is 1.00 bits per heavy atom. The molecule has 2 aromatic rings. The van der Waals surface area contributed by atoms with Gasteiger partial charge in [-0.05, 0) is 31.5 Å². The molecule has 0 unspecified atom stereocenters. The molecule has 0 saturated heterocycles. The minimum atomic E-state index is -1.10. The van der Waals surface area contributed by atoms with E-state index in [4.69, 9.17) is 4.74 Å². The zero-order valence-electron chi connectivity index (χ0n) is 16.4. The molecule has 0 aliphatic carbocycles. The number of carbonyl (C=O) groups excluding carboxylic acids is 1. The Kier molecular flexibility index (Phi) is 5.77. The van der Waals surface area contributed by atoms with Gasteiger partial charge in [0.2, 0.25) is 5.91 Å².